The molecule has 122 valence electrons. The monoisotopic (exact) mass is 300 g/mol. The lowest BCUT2D eigenvalue weighted by atomic mass is 9.77. The Morgan fingerprint density at radius 2 is 1.50 bits per heavy atom. The topological polar surface area (TPSA) is 31.6 Å². The maximum Gasteiger partial charge on any atom is 0.0178 e. The highest BCUT2D eigenvalue weighted by Crippen LogP contribution is 2.35. The van der Waals surface area contributed by atoms with Crippen LogP contribution in [0.5, 0.6) is 0 Å². The summed E-state index contributed by atoms with van der Waals surface area (Å²) in [4.78, 5) is 7.04. The van der Waals surface area contributed by atoms with Crippen molar-refractivity contribution in [3.63, 3.8) is 0 Å². The van der Waals surface area contributed by atoms with Gasteiger partial charge in [0.25, 0.3) is 0 Å². The van der Waals surface area contributed by atoms with Gasteiger partial charge in [0.1, 0.15) is 0 Å². The fourth-order valence-electron chi connectivity index (χ4n) is 3.18. The molecule has 2 aromatic heterocycles. The largest absolute Gasteiger partial charge is 0.364 e. The van der Waals surface area contributed by atoms with E-state index in [0.29, 0.717) is 17.8 Å². The third kappa shape index (κ3) is 3.66. The standard InChI is InChI=1S/C20H32N2/c1-13(2)17-8-9-18(22-17)15(5)11-20(6,7)16-10-19(14(3)4)21-12-16/h8-10,12-15,21-22H,11H2,1-7H3. The molecule has 1 atom stereocenters. The van der Waals surface area contributed by atoms with Crippen LogP contribution in [0.25, 0.3) is 0 Å². The van der Waals surface area contributed by atoms with E-state index in [9.17, 15) is 0 Å². The highest BCUT2D eigenvalue weighted by Gasteiger charge is 2.26. The molecule has 0 saturated carbocycles. The Balaban J connectivity index is 2.12. The molecule has 1 unspecified atom stereocenters. The average Bonchev–Trinajstić information content (AvgIpc) is 3.08. The minimum Gasteiger partial charge on any atom is -0.364 e. The third-order valence-corrected chi connectivity index (χ3v) is 4.81. The normalized spacial score (nSPS) is 14.0. The van der Waals surface area contributed by atoms with Crippen molar-refractivity contribution in [3.8, 4) is 0 Å². The zero-order valence-corrected chi connectivity index (χ0v) is 15.2. The molecule has 0 aliphatic heterocycles. The van der Waals surface area contributed by atoms with E-state index in [1.54, 1.807) is 0 Å². The van der Waals surface area contributed by atoms with E-state index in [-0.39, 0.29) is 5.41 Å². The molecule has 2 aromatic rings. The van der Waals surface area contributed by atoms with Gasteiger partial charge in [-0.25, -0.2) is 0 Å². The van der Waals surface area contributed by atoms with Crippen LogP contribution >= 0.6 is 0 Å². The molecule has 0 amide bonds. The van der Waals surface area contributed by atoms with Gasteiger partial charge < -0.3 is 9.97 Å². The van der Waals surface area contributed by atoms with Crippen LogP contribution < -0.4 is 0 Å². The zero-order chi connectivity index (χ0) is 16.5. The second kappa shape index (κ2) is 6.36. The lowest BCUT2D eigenvalue weighted by Gasteiger charge is -2.27. The van der Waals surface area contributed by atoms with Gasteiger partial charge in [-0.1, -0.05) is 48.5 Å². The molecular weight excluding hydrogens is 268 g/mol. The number of nitrogens with one attached hydrogen (secondary N) is 2. The predicted molar refractivity (Wildman–Crippen MR) is 95.8 cm³/mol. The summed E-state index contributed by atoms with van der Waals surface area (Å²) in [7, 11) is 0. The molecule has 0 spiro atoms. The fourth-order valence-corrected chi connectivity index (χ4v) is 3.18. The first-order chi connectivity index (χ1) is 10.2. The molecule has 2 rings (SSSR count). The number of aromatic nitrogens is 2. The Labute approximate surface area is 135 Å². The van der Waals surface area contributed by atoms with Crippen LogP contribution in [0.2, 0.25) is 0 Å². The molecule has 0 bridgehead atoms. The summed E-state index contributed by atoms with van der Waals surface area (Å²) in [6.07, 6.45) is 3.33. The highest BCUT2D eigenvalue weighted by atomic mass is 14.7. The minimum atomic E-state index is 0.173. The van der Waals surface area contributed by atoms with E-state index in [0.717, 1.165) is 6.42 Å². The Hall–Kier alpha value is -1.44. The number of H-pyrrole nitrogens is 2. The summed E-state index contributed by atoms with van der Waals surface area (Å²) >= 11 is 0. The van der Waals surface area contributed by atoms with E-state index in [4.69, 9.17) is 0 Å². The maximum absolute atomic E-state index is 3.60. The van der Waals surface area contributed by atoms with Gasteiger partial charge in [-0.15, -0.1) is 0 Å². The minimum absolute atomic E-state index is 0.173. The zero-order valence-electron chi connectivity index (χ0n) is 15.2. The van der Waals surface area contributed by atoms with Crippen molar-refractivity contribution in [2.24, 2.45) is 0 Å². The number of hydrogen-bond acceptors (Lipinski definition) is 0. The fraction of sp³-hybridized carbons (Fsp3) is 0.600. The van der Waals surface area contributed by atoms with Gasteiger partial charge in [0.15, 0.2) is 0 Å². The summed E-state index contributed by atoms with van der Waals surface area (Å²) in [5.41, 5.74) is 5.61. The second-order valence-electron chi connectivity index (χ2n) is 8.01. The highest BCUT2D eigenvalue weighted by molar-refractivity contribution is 5.28. The molecule has 0 aliphatic carbocycles. The maximum atomic E-state index is 3.60. The van der Waals surface area contributed by atoms with E-state index in [2.05, 4.69) is 82.8 Å². The molecule has 2 N–H and O–H groups in total. The Bertz CT molecular complexity index is 599. The Kier molecular flexibility index (Phi) is 4.89. The predicted octanol–water partition coefficient (Wildman–Crippen LogP) is 6.06. The Morgan fingerprint density at radius 1 is 0.909 bits per heavy atom. The SMILES string of the molecule is CC(C)c1cc(C(C)(C)CC(C)c2ccc(C(C)C)[nH]2)c[nH]1. The molecule has 0 fully saturated rings. The van der Waals surface area contributed by atoms with Crippen molar-refractivity contribution in [2.45, 2.75) is 78.1 Å². The summed E-state index contributed by atoms with van der Waals surface area (Å²) in [6, 6.07) is 6.83. The van der Waals surface area contributed by atoms with Gasteiger partial charge in [-0.2, -0.15) is 0 Å². The summed E-state index contributed by atoms with van der Waals surface area (Å²) in [6.45, 7) is 16.0. The van der Waals surface area contributed by atoms with E-state index >= 15 is 0 Å². The molecule has 0 aliphatic rings. The van der Waals surface area contributed by atoms with E-state index in [1.807, 2.05) is 0 Å². The van der Waals surface area contributed by atoms with Crippen LogP contribution in [-0.4, -0.2) is 9.97 Å². The van der Waals surface area contributed by atoms with Crippen molar-refractivity contribution >= 4 is 0 Å². The summed E-state index contributed by atoms with van der Waals surface area (Å²) in [5.74, 6) is 1.64. The van der Waals surface area contributed by atoms with Gasteiger partial charge in [-0.05, 0) is 53.4 Å². The van der Waals surface area contributed by atoms with Crippen molar-refractivity contribution in [2.75, 3.05) is 0 Å². The van der Waals surface area contributed by atoms with Crippen LogP contribution in [0, 0.1) is 0 Å². The van der Waals surface area contributed by atoms with Crippen molar-refractivity contribution in [1.29, 1.82) is 0 Å². The molecular formula is C20H32N2. The molecule has 0 saturated heterocycles. The van der Waals surface area contributed by atoms with Crippen LogP contribution in [-0.2, 0) is 5.41 Å². The third-order valence-electron chi connectivity index (χ3n) is 4.81. The van der Waals surface area contributed by atoms with Crippen molar-refractivity contribution in [3.05, 3.63) is 47.0 Å². The smallest absolute Gasteiger partial charge is 0.0178 e. The van der Waals surface area contributed by atoms with Crippen molar-refractivity contribution < 1.29 is 0 Å². The van der Waals surface area contributed by atoms with E-state index < -0.39 is 0 Å². The molecule has 0 radical (unpaired) electrons. The van der Waals surface area contributed by atoms with Crippen LogP contribution in [0.3, 0.4) is 0 Å². The molecule has 2 heterocycles. The summed E-state index contributed by atoms with van der Waals surface area (Å²) in [5, 5.41) is 0. The average molecular weight is 300 g/mol. The number of hydrogen-bond donors (Lipinski definition) is 2. The van der Waals surface area contributed by atoms with Gasteiger partial charge in [0, 0.05) is 23.3 Å². The van der Waals surface area contributed by atoms with Gasteiger partial charge in [0.2, 0.25) is 0 Å². The van der Waals surface area contributed by atoms with Crippen molar-refractivity contribution in [1.82, 2.24) is 9.97 Å². The Morgan fingerprint density at radius 3 is 2.00 bits per heavy atom. The molecule has 2 nitrogen and oxygen atoms in total. The first-order valence-electron chi connectivity index (χ1n) is 8.58. The van der Waals surface area contributed by atoms with Crippen LogP contribution in [0.4, 0.5) is 0 Å². The summed E-state index contributed by atoms with van der Waals surface area (Å²) < 4.78 is 0. The first kappa shape index (κ1) is 16.9. The quantitative estimate of drug-likeness (QED) is 0.649. The number of aromatic amines is 2. The van der Waals surface area contributed by atoms with Gasteiger partial charge in [0.05, 0.1) is 0 Å². The lowest BCUT2D eigenvalue weighted by molar-refractivity contribution is 0.435. The van der Waals surface area contributed by atoms with Crippen LogP contribution in [0.15, 0.2) is 24.4 Å². The van der Waals surface area contributed by atoms with Crippen LogP contribution in [0.1, 0.15) is 95.3 Å². The lowest BCUT2D eigenvalue weighted by Crippen LogP contribution is -2.19. The molecule has 22 heavy (non-hydrogen) atoms. The first-order valence-corrected chi connectivity index (χ1v) is 8.58. The molecule has 2 heteroatoms. The van der Waals surface area contributed by atoms with E-state index in [1.165, 1.54) is 22.6 Å². The number of rotatable bonds is 6. The second-order valence-corrected chi connectivity index (χ2v) is 8.01. The van der Waals surface area contributed by atoms with Gasteiger partial charge >= 0.3 is 0 Å². The van der Waals surface area contributed by atoms with Gasteiger partial charge in [-0.3, -0.25) is 0 Å². The molecule has 0 aromatic carbocycles.